The highest BCUT2D eigenvalue weighted by atomic mass is 35.5. The minimum absolute atomic E-state index is 0.308. The van der Waals surface area contributed by atoms with Gasteiger partial charge < -0.3 is 0 Å². The van der Waals surface area contributed by atoms with Crippen molar-refractivity contribution in [1.82, 2.24) is 14.9 Å². The Bertz CT molecular complexity index is 681. The molecule has 3 heterocycles. The molecule has 0 saturated carbocycles. The highest BCUT2D eigenvalue weighted by Gasteiger charge is 2.27. The molecular weight excluding hydrogens is 322 g/mol. The van der Waals surface area contributed by atoms with Gasteiger partial charge in [-0.3, -0.25) is 4.90 Å². The molecule has 0 bridgehead atoms. The molecule has 0 amide bonds. The number of aryl methyl sites for hydroxylation is 2. The van der Waals surface area contributed by atoms with Gasteiger partial charge in [0.05, 0.1) is 11.9 Å². The van der Waals surface area contributed by atoms with Crippen LogP contribution in [0.5, 0.6) is 0 Å². The predicted molar refractivity (Wildman–Crippen MR) is 93.7 cm³/mol. The molecular formula is C15H20ClN3S2. The molecule has 0 unspecified atom stereocenters. The minimum atomic E-state index is 0.308. The number of nitrogens with zero attached hydrogens (tertiary/aromatic N) is 3. The Balaban J connectivity index is 1.88. The van der Waals surface area contributed by atoms with Crippen molar-refractivity contribution < 1.29 is 0 Å². The summed E-state index contributed by atoms with van der Waals surface area (Å²) in [5, 5.41) is 1.62. The van der Waals surface area contributed by atoms with Crippen LogP contribution in [0.3, 0.4) is 0 Å². The monoisotopic (exact) mass is 341 g/mol. The van der Waals surface area contributed by atoms with Crippen LogP contribution < -0.4 is 0 Å². The SMILES string of the molecule is Cc1sc2nc(CN3CCSC(C)(C)C3)nc(Cl)c2c1C. The number of thiophene rings is 1. The normalized spacial score (nSPS) is 19.3. The molecule has 1 saturated heterocycles. The lowest BCUT2D eigenvalue weighted by Crippen LogP contribution is -2.42. The first-order valence-electron chi connectivity index (χ1n) is 7.14. The molecule has 0 radical (unpaired) electrons. The predicted octanol–water partition coefficient (Wildman–Crippen LogP) is 4.29. The number of aromatic nitrogens is 2. The first-order chi connectivity index (χ1) is 9.85. The summed E-state index contributed by atoms with van der Waals surface area (Å²) in [5.74, 6) is 2.01. The lowest BCUT2D eigenvalue weighted by molar-refractivity contribution is 0.247. The van der Waals surface area contributed by atoms with E-state index in [0.29, 0.717) is 9.90 Å². The Morgan fingerprint density at radius 2 is 2.05 bits per heavy atom. The molecule has 3 rings (SSSR count). The van der Waals surface area contributed by atoms with Crippen molar-refractivity contribution in [3.8, 4) is 0 Å². The van der Waals surface area contributed by atoms with E-state index in [1.165, 1.54) is 16.2 Å². The maximum atomic E-state index is 6.39. The van der Waals surface area contributed by atoms with Crippen LogP contribution in [0, 0.1) is 13.8 Å². The second-order valence-electron chi connectivity index (χ2n) is 6.21. The van der Waals surface area contributed by atoms with Crippen LogP contribution in [0.2, 0.25) is 5.15 Å². The zero-order chi connectivity index (χ0) is 15.2. The van der Waals surface area contributed by atoms with E-state index < -0.39 is 0 Å². The van der Waals surface area contributed by atoms with Gasteiger partial charge in [0.25, 0.3) is 0 Å². The molecule has 1 fully saturated rings. The lowest BCUT2D eigenvalue weighted by Gasteiger charge is -2.37. The molecule has 2 aromatic heterocycles. The molecule has 21 heavy (non-hydrogen) atoms. The summed E-state index contributed by atoms with van der Waals surface area (Å²) in [6.45, 7) is 11.7. The molecule has 0 aromatic carbocycles. The smallest absolute Gasteiger partial charge is 0.145 e. The summed E-state index contributed by atoms with van der Waals surface area (Å²) in [4.78, 5) is 14.0. The number of hydrogen-bond acceptors (Lipinski definition) is 5. The van der Waals surface area contributed by atoms with E-state index >= 15 is 0 Å². The third kappa shape index (κ3) is 3.21. The van der Waals surface area contributed by atoms with E-state index in [9.17, 15) is 0 Å². The first-order valence-corrected chi connectivity index (χ1v) is 9.32. The summed E-state index contributed by atoms with van der Waals surface area (Å²) in [7, 11) is 0. The zero-order valence-corrected chi connectivity index (χ0v) is 15.3. The third-order valence-corrected chi connectivity index (χ3v) is 6.57. The number of hydrogen-bond donors (Lipinski definition) is 0. The fourth-order valence-corrected chi connectivity index (χ4v) is 5.37. The summed E-state index contributed by atoms with van der Waals surface area (Å²) in [5.41, 5.74) is 1.21. The van der Waals surface area contributed by atoms with Crippen molar-refractivity contribution in [2.45, 2.75) is 39.0 Å². The molecule has 3 nitrogen and oxygen atoms in total. The van der Waals surface area contributed by atoms with E-state index in [4.69, 9.17) is 16.6 Å². The van der Waals surface area contributed by atoms with Crippen LogP contribution in [0.15, 0.2) is 0 Å². The molecule has 114 valence electrons. The fraction of sp³-hybridized carbons (Fsp3) is 0.600. The average Bonchev–Trinajstić information content (AvgIpc) is 2.63. The van der Waals surface area contributed by atoms with Crippen molar-refractivity contribution in [2.24, 2.45) is 0 Å². The first kappa shape index (κ1) is 15.5. The Morgan fingerprint density at radius 1 is 1.29 bits per heavy atom. The number of thioether (sulfide) groups is 1. The molecule has 0 spiro atoms. The summed E-state index contributed by atoms with van der Waals surface area (Å²) in [6.07, 6.45) is 0. The molecule has 1 aliphatic rings. The Labute approximate surface area is 139 Å². The van der Waals surface area contributed by atoms with Crippen LogP contribution >= 0.6 is 34.7 Å². The van der Waals surface area contributed by atoms with Crippen LogP contribution in [0.1, 0.15) is 30.1 Å². The topological polar surface area (TPSA) is 29.0 Å². The third-order valence-electron chi connectivity index (χ3n) is 3.90. The second-order valence-corrected chi connectivity index (χ2v) is 9.58. The molecule has 2 aromatic rings. The fourth-order valence-electron chi connectivity index (χ4n) is 2.76. The average molecular weight is 342 g/mol. The van der Waals surface area contributed by atoms with E-state index in [-0.39, 0.29) is 0 Å². The molecule has 0 atom stereocenters. The van der Waals surface area contributed by atoms with E-state index in [1.807, 2.05) is 11.8 Å². The van der Waals surface area contributed by atoms with Crippen molar-refractivity contribution in [2.75, 3.05) is 18.8 Å². The van der Waals surface area contributed by atoms with E-state index in [2.05, 4.69) is 37.6 Å². The van der Waals surface area contributed by atoms with Gasteiger partial charge in [-0.2, -0.15) is 11.8 Å². The second kappa shape index (κ2) is 5.69. The standard InChI is InChI=1S/C15H20ClN3S2/c1-9-10(2)21-14-12(9)13(16)17-11(18-14)7-19-5-6-20-15(3,4)8-19/h5-8H2,1-4H3. The van der Waals surface area contributed by atoms with Crippen molar-refractivity contribution in [3.63, 3.8) is 0 Å². The van der Waals surface area contributed by atoms with Crippen molar-refractivity contribution in [1.29, 1.82) is 0 Å². The van der Waals surface area contributed by atoms with Gasteiger partial charge in [0.15, 0.2) is 0 Å². The zero-order valence-electron chi connectivity index (χ0n) is 12.9. The van der Waals surface area contributed by atoms with Crippen molar-refractivity contribution >= 4 is 44.9 Å². The minimum Gasteiger partial charge on any atom is -0.294 e. The highest BCUT2D eigenvalue weighted by Crippen LogP contribution is 2.34. The maximum Gasteiger partial charge on any atom is 0.145 e. The van der Waals surface area contributed by atoms with E-state index in [1.54, 1.807) is 11.3 Å². The van der Waals surface area contributed by atoms with Crippen LogP contribution in [0.25, 0.3) is 10.2 Å². The molecule has 0 aliphatic carbocycles. The van der Waals surface area contributed by atoms with Crippen LogP contribution in [0.4, 0.5) is 0 Å². The van der Waals surface area contributed by atoms with Gasteiger partial charge in [-0.05, 0) is 33.3 Å². The number of fused-ring (bicyclic) bond motifs is 1. The summed E-state index contributed by atoms with van der Waals surface area (Å²) in [6, 6.07) is 0. The van der Waals surface area contributed by atoms with Gasteiger partial charge >= 0.3 is 0 Å². The van der Waals surface area contributed by atoms with Crippen LogP contribution in [-0.2, 0) is 6.54 Å². The lowest BCUT2D eigenvalue weighted by atomic mass is 10.2. The molecule has 0 N–H and O–H groups in total. The Kier molecular flexibility index (Phi) is 4.21. The van der Waals surface area contributed by atoms with E-state index in [0.717, 1.165) is 35.7 Å². The Morgan fingerprint density at radius 3 is 2.76 bits per heavy atom. The molecule has 1 aliphatic heterocycles. The van der Waals surface area contributed by atoms with Crippen LogP contribution in [-0.4, -0.2) is 38.5 Å². The highest BCUT2D eigenvalue weighted by molar-refractivity contribution is 8.00. The largest absolute Gasteiger partial charge is 0.294 e. The van der Waals surface area contributed by atoms with Gasteiger partial charge in [0.2, 0.25) is 0 Å². The number of halogens is 1. The van der Waals surface area contributed by atoms with Gasteiger partial charge in [-0.1, -0.05) is 11.6 Å². The molecule has 6 heteroatoms. The summed E-state index contributed by atoms with van der Waals surface area (Å²) >= 11 is 10.1. The number of rotatable bonds is 2. The van der Waals surface area contributed by atoms with Gasteiger partial charge in [0.1, 0.15) is 15.8 Å². The Hall–Kier alpha value is -0.360. The van der Waals surface area contributed by atoms with Gasteiger partial charge in [0, 0.05) is 28.5 Å². The van der Waals surface area contributed by atoms with Crippen molar-refractivity contribution in [3.05, 3.63) is 21.4 Å². The van der Waals surface area contributed by atoms with Gasteiger partial charge in [-0.15, -0.1) is 11.3 Å². The maximum absolute atomic E-state index is 6.39. The summed E-state index contributed by atoms with van der Waals surface area (Å²) < 4.78 is 0.308. The van der Waals surface area contributed by atoms with Gasteiger partial charge in [-0.25, -0.2) is 9.97 Å². The quantitative estimate of drug-likeness (QED) is 0.762.